The van der Waals surface area contributed by atoms with Gasteiger partial charge < -0.3 is 5.32 Å². The minimum atomic E-state index is -0.122. The number of nitrogens with one attached hydrogen (secondary N) is 1. The molecule has 1 N–H and O–H groups in total. The number of piperidine rings is 1. The van der Waals surface area contributed by atoms with Gasteiger partial charge in [-0.15, -0.1) is 0 Å². The van der Waals surface area contributed by atoms with E-state index in [2.05, 4.69) is 26.1 Å². The fraction of sp³-hybridized carbons (Fsp3) is 0.941. The molecule has 110 valence electrons. The predicted molar refractivity (Wildman–Crippen MR) is 79.9 cm³/mol. The van der Waals surface area contributed by atoms with Crippen molar-refractivity contribution in [2.24, 2.45) is 16.7 Å². The standard InChI is InChI=1S/C17H31NO/c1-16(2,3)17(12-9-13-18-15(17)19)14-10-7-5-4-6-8-11-14/h14H,4-13H2,1-3H3,(H,18,19). The second-order valence-electron chi connectivity index (χ2n) is 7.62. The molecule has 0 aromatic rings. The first-order valence-electron chi connectivity index (χ1n) is 8.27. The van der Waals surface area contributed by atoms with Gasteiger partial charge in [-0.25, -0.2) is 0 Å². The number of hydrogen-bond acceptors (Lipinski definition) is 1. The zero-order chi connectivity index (χ0) is 13.9. The SMILES string of the molecule is CC(C)(C)C1(C2CCCCCCC2)CCCNC1=O. The number of amides is 1. The molecule has 1 amide bonds. The molecule has 0 radical (unpaired) electrons. The smallest absolute Gasteiger partial charge is 0.227 e. The van der Waals surface area contributed by atoms with E-state index in [-0.39, 0.29) is 10.8 Å². The van der Waals surface area contributed by atoms with E-state index in [1.54, 1.807) is 0 Å². The van der Waals surface area contributed by atoms with Crippen molar-refractivity contribution in [1.29, 1.82) is 0 Å². The zero-order valence-corrected chi connectivity index (χ0v) is 13.1. The summed E-state index contributed by atoms with van der Waals surface area (Å²) in [6.07, 6.45) is 11.5. The average Bonchev–Trinajstić information content (AvgIpc) is 2.28. The summed E-state index contributed by atoms with van der Waals surface area (Å²) in [5, 5.41) is 3.17. The number of carbonyl (C=O) groups excluding carboxylic acids is 1. The lowest BCUT2D eigenvalue weighted by molar-refractivity contribution is -0.148. The summed E-state index contributed by atoms with van der Waals surface area (Å²) in [5.41, 5.74) is -0.0516. The summed E-state index contributed by atoms with van der Waals surface area (Å²) in [5.74, 6) is 0.935. The lowest BCUT2D eigenvalue weighted by Gasteiger charge is -2.51. The van der Waals surface area contributed by atoms with Crippen molar-refractivity contribution < 1.29 is 4.79 Å². The van der Waals surface area contributed by atoms with E-state index in [1.807, 2.05) is 0 Å². The van der Waals surface area contributed by atoms with Crippen LogP contribution in [0, 0.1) is 16.7 Å². The Balaban J connectivity index is 2.27. The molecule has 0 bridgehead atoms. The van der Waals surface area contributed by atoms with E-state index in [4.69, 9.17) is 0 Å². The van der Waals surface area contributed by atoms with Gasteiger partial charge in [0.2, 0.25) is 5.91 Å². The van der Waals surface area contributed by atoms with Crippen LogP contribution in [0.15, 0.2) is 0 Å². The lowest BCUT2D eigenvalue weighted by Crippen LogP contribution is -2.57. The minimum absolute atomic E-state index is 0.0708. The van der Waals surface area contributed by atoms with Crippen LogP contribution in [0.2, 0.25) is 0 Å². The van der Waals surface area contributed by atoms with Crippen molar-refractivity contribution in [2.75, 3.05) is 6.54 Å². The van der Waals surface area contributed by atoms with Crippen LogP contribution in [0.4, 0.5) is 0 Å². The molecule has 1 unspecified atom stereocenters. The van der Waals surface area contributed by atoms with Crippen molar-refractivity contribution in [3.05, 3.63) is 0 Å². The molecule has 1 aliphatic heterocycles. The van der Waals surface area contributed by atoms with Crippen LogP contribution >= 0.6 is 0 Å². The second kappa shape index (κ2) is 5.85. The van der Waals surface area contributed by atoms with Gasteiger partial charge in [0.1, 0.15) is 0 Å². The van der Waals surface area contributed by atoms with E-state index in [0.717, 1.165) is 19.4 Å². The van der Waals surface area contributed by atoms with Crippen LogP contribution in [0.3, 0.4) is 0 Å². The zero-order valence-electron chi connectivity index (χ0n) is 13.1. The highest BCUT2D eigenvalue weighted by atomic mass is 16.2. The van der Waals surface area contributed by atoms with E-state index in [9.17, 15) is 4.79 Å². The Kier molecular flexibility index (Phi) is 4.58. The van der Waals surface area contributed by atoms with Crippen LogP contribution in [0.5, 0.6) is 0 Å². The monoisotopic (exact) mass is 265 g/mol. The van der Waals surface area contributed by atoms with Crippen LogP contribution < -0.4 is 5.32 Å². The van der Waals surface area contributed by atoms with Crippen molar-refractivity contribution in [3.8, 4) is 0 Å². The third kappa shape index (κ3) is 2.83. The van der Waals surface area contributed by atoms with E-state index in [1.165, 1.54) is 44.9 Å². The summed E-state index contributed by atoms with van der Waals surface area (Å²) >= 11 is 0. The Morgan fingerprint density at radius 2 is 1.58 bits per heavy atom. The minimum Gasteiger partial charge on any atom is -0.356 e. The third-order valence-electron chi connectivity index (χ3n) is 5.58. The molecule has 0 aromatic heterocycles. The second-order valence-corrected chi connectivity index (χ2v) is 7.62. The molecule has 2 rings (SSSR count). The molecular formula is C17H31NO. The summed E-state index contributed by atoms with van der Waals surface area (Å²) < 4.78 is 0. The summed E-state index contributed by atoms with van der Waals surface area (Å²) in [6, 6.07) is 0. The maximum Gasteiger partial charge on any atom is 0.227 e. The van der Waals surface area contributed by atoms with Gasteiger partial charge >= 0.3 is 0 Å². The largest absolute Gasteiger partial charge is 0.356 e. The Labute approximate surface area is 118 Å². The van der Waals surface area contributed by atoms with Gasteiger partial charge in [0.15, 0.2) is 0 Å². The molecular weight excluding hydrogens is 234 g/mol. The highest BCUT2D eigenvalue weighted by molar-refractivity contribution is 5.84. The quantitative estimate of drug-likeness (QED) is 0.753. The van der Waals surface area contributed by atoms with Gasteiger partial charge in [0.05, 0.1) is 5.41 Å². The predicted octanol–water partition coefficient (Wildman–Crippen LogP) is 4.29. The molecule has 2 aliphatic rings. The van der Waals surface area contributed by atoms with Crippen LogP contribution in [0.25, 0.3) is 0 Å². The number of hydrogen-bond donors (Lipinski definition) is 1. The number of rotatable bonds is 1. The van der Waals surface area contributed by atoms with Gasteiger partial charge in [0.25, 0.3) is 0 Å². The molecule has 19 heavy (non-hydrogen) atoms. The average molecular weight is 265 g/mol. The highest BCUT2D eigenvalue weighted by Gasteiger charge is 2.53. The Morgan fingerprint density at radius 3 is 2.11 bits per heavy atom. The molecule has 1 saturated heterocycles. The Bertz CT molecular complexity index is 310. The molecule has 0 aromatic carbocycles. The first-order valence-corrected chi connectivity index (χ1v) is 8.27. The van der Waals surface area contributed by atoms with E-state index < -0.39 is 0 Å². The number of carbonyl (C=O) groups is 1. The van der Waals surface area contributed by atoms with Crippen molar-refractivity contribution in [3.63, 3.8) is 0 Å². The lowest BCUT2D eigenvalue weighted by atomic mass is 9.54. The highest BCUT2D eigenvalue weighted by Crippen LogP contribution is 2.53. The molecule has 2 heteroatoms. The molecule has 1 aliphatic carbocycles. The maximum atomic E-state index is 12.7. The normalized spacial score (nSPS) is 31.4. The van der Waals surface area contributed by atoms with Gasteiger partial charge in [-0.3, -0.25) is 4.79 Å². The Morgan fingerprint density at radius 1 is 1.00 bits per heavy atom. The van der Waals surface area contributed by atoms with Gasteiger partial charge in [0, 0.05) is 6.54 Å². The van der Waals surface area contributed by atoms with Crippen molar-refractivity contribution in [1.82, 2.24) is 5.32 Å². The molecule has 1 heterocycles. The fourth-order valence-electron chi connectivity index (χ4n) is 4.51. The van der Waals surface area contributed by atoms with Crippen molar-refractivity contribution >= 4 is 5.91 Å². The molecule has 2 fully saturated rings. The Hall–Kier alpha value is -0.530. The van der Waals surface area contributed by atoms with Gasteiger partial charge in [-0.1, -0.05) is 52.9 Å². The first kappa shape index (κ1) is 14.9. The molecule has 1 saturated carbocycles. The van der Waals surface area contributed by atoms with E-state index in [0.29, 0.717) is 11.8 Å². The third-order valence-corrected chi connectivity index (χ3v) is 5.58. The topological polar surface area (TPSA) is 29.1 Å². The first-order chi connectivity index (χ1) is 8.98. The van der Waals surface area contributed by atoms with Crippen molar-refractivity contribution in [2.45, 2.75) is 78.6 Å². The molecule has 2 nitrogen and oxygen atoms in total. The molecule has 1 atom stereocenters. The summed E-state index contributed by atoms with van der Waals surface area (Å²) in [6.45, 7) is 7.70. The molecule has 0 spiro atoms. The van der Waals surface area contributed by atoms with E-state index >= 15 is 0 Å². The summed E-state index contributed by atoms with van der Waals surface area (Å²) in [7, 11) is 0. The van der Waals surface area contributed by atoms with Crippen LogP contribution in [-0.4, -0.2) is 12.5 Å². The summed E-state index contributed by atoms with van der Waals surface area (Å²) in [4.78, 5) is 12.7. The fourth-order valence-corrected chi connectivity index (χ4v) is 4.51. The van der Waals surface area contributed by atoms with Crippen LogP contribution in [0.1, 0.15) is 78.6 Å². The van der Waals surface area contributed by atoms with Crippen LogP contribution in [-0.2, 0) is 4.79 Å². The van der Waals surface area contributed by atoms with Gasteiger partial charge in [-0.2, -0.15) is 0 Å². The van der Waals surface area contributed by atoms with Gasteiger partial charge in [-0.05, 0) is 37.0 Å². The maximum absolute atomic E-state index is 12.7.